The highest BCUT2D eigenvalue weighted by Crippen LogP contribution is 2.30. The quantitative estimate of drug-likeness (QED) is 0.441. The minimum atomic E-state index is -0.771. The third kappa shape index (κ3) is 4.47. The highest BCUT2D eigenvalue weighted by molar-refractivity contribution is 9.10. The van der Waals surface area contributed by atoms with E-state index in [1.54, 1.807) is 0 Å². The summed E-state index contributed by atoms with van der Waals surface area (Å²) in [7, 11) is 0. The lowest BCUT2D eigenvalue weighted by atomic mass is 10.2. The number of aromatic hydroxyl groups is 1. The van der Waals surface area contributed by atoms with Crippen molar-refractivity contribution < 1.29 is 14.8 Å². The van der Waals surface area contributed by atoms with Gasteiger partial charge in [-0.15, -0.1) is 0 Å². The van der Waals surface area contributed by atoms with Gasteiger partial charge in [-0.3, -0.25) is 4.79 Å². The van der Waals surface area contributed by atoms with Crippen LogP contribution in [0.5, 0.6) is 5.75 Å². The van der Waals surface area contributed by atoms with E-state index in [0.717, 1.165) is 11.0 Å². The molecule has 0 saturated heterocycles. The zero-order valence-corrected chi connectivity index (χ0v) is 13.5. The predicted octanol–water partition coefficient (Wildman–Crippen LogP) is 1.46. The highest BCUT2D eigenvalue weighted by Gasteiger charge is 2.14. The van der Waals surface area contributed by atoms with Crippen LogP contribution in [0.4, 0.5) is 5.95 Å². The number of amides is 1. The van der Waals surface area contributed by atoms with Gasteiger partial charge in [0.15, 0.2) is 0 Å². The number of nitro groups is 1. The number of hydrazone groups is 1. The number of hydrogen-bond acceptors (Lipinski definition) is 7. The van der Waals surface area contributed by atoms with Gasteiger partial charge in [0.1, 0.15) is 12.3 Å². The maximum absolute atomic E-state index is 11.6. The van der Waals surface area contributed by atoms with Crippen LogP contribution in [-0.4, -0.2) is 36.9 Å². The molecule has 0 aliphatic carbocycles. The van der Waals surface area contributed by atoms with Crippen LogP contribution in [0.3, 0.4) is 0 Å². The van der Waals surface area contributed by atoms with Crippen molar-refractivity contribution in [3.8, 4) is 5.75 Å². The second kappa shape index (κ2) is 7.15. The smallest absolute Gasteiger partial charge is 0.490 e. The maximum Gasteiger partial charge on any atom is 0.490 e. The number of nitrogens with zero attached hydrogens (tertiary/aromatic N) is 5. The number of carbonyl (C=O) groups is 1. The molecule has 1 aromatic heterocycles. The van der Waals surface area contributed by atoms with Gasteiger partial charge < -0.3 is 15.2 Å². The lowest BCUT2D eigenvalue weighted by Crippen LogP contribution is -2.23. The number of halogens is 2. The van der Waals surface area contributed by atoms with E-state index in [2.05, 4.69) is 36.5 Å². The van der Waals surface area contributed by atoms with Crippen molar-refractivity contribution in [3.05, 3.63) is 43.6 Å². The standard InChI is InChI=1S/C11H8BrClN6O4/c12-8-2-7(13)1-6(10(8)21)3-15-16-9(20)4-18-5-14-11(17-18)19(22)23/h1-3,5,21H,4H2,(H,16,20)/b15-3-. The zero-order chi connectivity index (χ0) is 17.0. The Kier molecular flexibility index (Phi) is 5.24. The molecule has 0 aliphatic heterocycles. The molecule has 0 saturated carbocycles. The summed E-state index contributed by atoms with van der Waals surface area (Å²) in [6, 6.07) is 2.96. The topological polar surface area (TPSA) is 136 Å². The predicted molar refractivity (Wildman–Crippen MR) is 83.2 cm³/mol. The Morgan fingerprint density at radius 2 is 2.35 bits per heavy atom. The van der Waals surface area contributed by atoms with E-state index in [1.165, 1.54) is 18.3 Å². The van der Waals surface area contributed by atoms with Crippen LogP contribution in [0, 0.1) is 10.1 Å². The molecule has 2 aromatic rings. The summed E-state index contributed by atoms with van der Waals surface area (Å²) in [6.07, 6.45) is 2.26. The molecule has 23 heavy (non-hydrogen) atoms. The Hall–Kier alpha value is -2.53. The molecule has 0 spiro atoms. The molecule has 12 heteroatoms. The van der Waals surface area contributed by atoms with Gasteiger partial charge in [-0.05, 0) is 33.0 Å². The number of aromatic nitrogens is 3. The molecule has 0 bridgehead atoms. The van der Waals surface area contributed by atoms with Crippen LogP contribution in [0.2, 0.25) is 5.02 Å². The first-order valence-corrected chi connectivity index (χ1v) is 7.07. The van der Waals surface area contributed by atoms with Crippen molar-refractivity contribution in [2.45, 2.75) is 6.54 Å². The van der Waals surface area contributed by atoms with Crippen LogP contribution < -0.4 is 5.43 Å². The first kappa shape index (κ1) is 16.8. The molecular formula is C11H8BrClN6O4. The van der Waals surface area contributed by atoms with Crippen molar-refractivity contribution in [2.75, 3.05) is 0 Å². The SMILES string of the molecule is O=C(Cn1cnc([N+](=O)[O-])n1)N/N=C\c1cc(Cl)cc(Br)c1O. The van der Waals surface area contributed by atoms with Gasteiger partial charge in [0.2, 0.25) is 6.33 Å². The number of phenolic OH excluding ortho intramolecular Hbond substituents is 1. The molecule has 2 N–H and O–H groups in total. The number of benzene rings is 1. The number of phenols is 1. The summed E-state index contributed by atoms with van der Waals surface area (Å²) in [6.45, 7) is -0.302. The van der Waals surface area contributed by atoms with Crippen molar-refractivity contribution in [1.29, 1.82) is 0 Å². The van der Waals surface area contributed by atoms with E-state index >= 15 is 0 Å². The molecule has 1 heterocycles. The lowest BCUT2D eigenvalue weighted by Gasteiger charge is -2.02. The van der Waals surface area contributed by atoms with Gasteiger partial charge in [-0.25, -0.2) is 5.43 Å². The minimum absolute atomic E-state index is 0.0840. The average molecular weight is 404 g/mol. The summed E-state index contributed by atoms with van der Waals surface area (Å²) >= 11 is 8.95. The Morgan fingerprint density at radius 1 is 1.61 bits per heavy atom. The van der Waals surface area contributed by atoms with Gasteiger partial charge in [-0.1, -0.05) is 16.6 Å². The third-order valence-corrected chi connectivity index (χ3v) is 3.27. The molecule has 2 rings (SSSR count). The Labute approximate surface area is 142 Å². The maximum atomic E-state index is 11.6. The number of hydrogen-bond donors (Lipinski definition) is 2. The fourth-order valence-electron chi connectivity index (χ4n) is 1.49. The van der Waals surface area contributed by atoms with Crippen LogP contribution in [0.15, 0.2) is 28.0 Å². The van der Waals surface area contributed by atoms with Crippen LogP contribution >= 0.6 is 27.5 Å². The number of nitrogens with one attached hydrogen (secondary N) is 1. The molecule has 0 atom stereocenters. The lowest BCUT2D eigenvalue weighted by molar-refractivity contribution is -0.394. The summed E-state index contributed by atoms with van der Waals surface area (Å²) in [4.78, 5) is 24.7. The number of carbonyl (C=O) groups excluding carboxylic acids is 1. The first-order valence-electron chi connectivity index (χ1n) is 5.90. The molecule has 10 nitrogen and oxygen atoms in total. The largest absolute Gasteiger partial charge is 0.506 e. The van der Waals surface area contributed by atoms with Crippen LogP contribution in [0.1, 0.15) is 5.56 Å². The van der Waals surface area contributed by atoms with Gasteiger partial charge >= 0.3 is 5.95 Å². The monoisotopic (exact) mass is 402 g/mol. The van der Waals surface area contributed by atoms with Crippen molar-refractivity contribution in [2.24, 2.45) is 5.10 Å². The summed E-state index contributed by atoms with van der Waals surface area (Å²) < 4.78 is 1.38. The molecule has 0 aliphatic rings. The first-order chi connectivity index (χ1) is 10.9. The molecule has 1 aromatic carbocycles. The molecule has 1 amide bonds. The summed E-state index contributed by atoms with van der Waals surface area (Å²) in [5, 5.41) is 27.7. The second-order valence-electron chi connectivity index (χ2n) is 4.12. The van der Waals surface area contributed by atoms with Gasteiger partial charge in [0.05, 0.1) is 10.7 Å². The van der Waals surface area contributed by atoms with Crippen LogP contribution in [0.25, 0.3) is 0 Å². The van der Waals surface area contributed by atoms with Gasteiger partial charge in [0.25, 0.3) is 5.91 Å². The molecule has 120 valence electrons. The highest BCUT2D eigenvalue weighted by atomic mass is 79.9. The molecular weight excluding hydrogens is 396 g/mol. The number of rotatable bonds is 5. The van der Waals surface area contributed by atoms with Gasteiger partial charge in [-0.2, -0.15) is 9.78 Å². The Bertz CT molecular complexity index is 793. The second-order valence-corrected chi connectivity index (χ2v) is 5.41. The van der Waals surface area contributed by atoms with Crippen molar-refractivity contribution in [1.82, 2.24) is 20.2 Å². The molecule has 0 radical (unpaired) electrons. The fraction of sp³-hybridized carbons (Fsp3) is 0.0909. The molecule has 0 unspecified atom stereocenters. The van der Waals surface area contributed by atoms with E-state index in [1.807, 2.05) is 0 Å². The van der Waals surface area contributed by atoms with E-state index < -0.39 is 16.8 Å². The van der Waals surface area contributed by atoms with Crippen molar-refractivity contribution >= 4 is 45.6 Å². The normalized spacial score (nSPS) is 10.9. The Morgan fingerprint density at radius 3 is 3.00 bits per heavy atom. The Balaban J connectivity index is 1.97. The minimum Gasteiger partial charge on any atom is -0.506 e. The van der Waals surface area contributed by atoms with E-state index in [9.17, 15) is 20.0 Å². The fourth-order valence-corrected chi connectivity index (χ4v) is 2.32. The summed E-state index contributed by atoms with van der Waals surface area (Å²) in [5.41, 5.74) is 2.48. The summed E-state index contributed by atoms with van der Waals surface area (Å²) in [5.74, 6) is -1.27. The van der Waals surface area contributed by atoms with E-state index in [4.69, 9.17) is 11.6 Å². The van der Waals surface area contributed by atoms with Crippen LogP contribution in [-0.2, 0) is 11.3 Å². The van der Waals surface area contributed by atoms with Crippen molar-refractivity contribution in [3.63, 3.8) is 0 Å². The molecule has 0 fully saturated rings. The van der Waals surface area contributed by atoms with E-state index in [-0.39, 0.29) is 12.3 Å². The average Bonchev–Trinajstić information content (AvgIpc) is 2.92. The third-order valence-electron chi connectivity index (χ3n) is 2.44. The van der Waals surface area contributed by atoms with Gasteiger partial charge in [0, 0.05) is 15.7 Å². The zero-order valence-electron chi connectivity index (χ0n) is 11.2. The van der Waals surface area contributed by atoms with E-state index in [0.29, 0.717) is 15.1 Å².